The van der Waals surface area contributed by atoms with E-state index in [0.717, 1.165) is 0 Å². The summed E-state index contributed by atoms with van der Waals surface area (Å²) >= 11 is 0. The number of nitrogens with two attached hydrogens (primary N) is 1. The molecule has 1 aromatic rings. The molecule has 0 aromatic heterocycles. The van der Waals surface area contributed by atoms with Crippen LogP contribution in [-0.4, -0.2) is 6.10 Å². The Labute approximate surface area is 88.5 Å². The Morgan fingerprint density at radius 2 is 2.20 bits per heavy atom. The molecule has 1 aromatic carbocycles. The van der Waals surface area contributed by atoms with Gasteiger partial charge in [-0.1, -0.05) is 6.92 Å². The summed E-state index contributed by atoms with van der Waals surface area (Å²) in [5, 5.41) is 17.3. The number of nitriles is 2. The minimum atomic E-state index is -0.500. The lowest BCUT2D eigenvalue weighted by Gasteiger charge is -2.12. The van der Waals surface area contributed by atoms with E-state index in [1.54, 1.807) is 12.1 Å². The van der Waals surface area contributed by atoms with Crippen LogP contribution in [0, 0.1) is 22.7 Å². The van der Waals surface area contributed by atoms with Gasteiger partial charge in [-0.15, -0.1) is 0 Å². The van der Waals surface area contributed by atoms with Crippen LogP contribution in [0.25, 0.3) is 0 Å². The number of nitrogens with zero attached hydrogens (tertiary/aromatic N) is 2. The Kier molecular flexibility index (Phi) is 3.54. The van der Waals surface area contributed by atoms with Crippen LogP contribution in [-0.2, 0) is 0 Å². The monoisotopic (exact) mass is 201 g/mol. The topological polar surface area (TPSA) is 82.8 Å². The zero-order valence-electron chi connectivity index (χ0n) is 8.40. The number of benzene rings is 1. The molecule has 4 nitrogen and oxygen atoms in total. The minimum absolute atomic E-state index is 0.378. The summed E-state index contributed by atoms with van der Waals surface area (Å²) in [6.07, 6.45) is 0.0934. The molecule has 0 saturated heterocycles. The van der Waals surface area contributed by atoms with Crippen molar-refractivity contribution in [2.75, 3.05) is 5.73 Å². The molecule has 1 unspecified atom stereocenters. The third-order valence-electron chi connectivity index (χ3n) is 1.92. The molecule has 0 fully saturated rings. The second kappa shape index (κ2) is 4.88. The van der Waals surface area contributed by atoms with Crippen LogP contribution in [0.3, 0.4) is 0 Å². The van der Waals surface area contributed by atoms with Crippen LogP contribution in [0.4, 0.5) is 5.69 Å². The summed E-state index contributed by atoms with van der Waals surface area (Å²) < 4.78 is 5.35. The summed E-state index contributed by atoms with van der Waals surface area (Å²) in [7, 11) is 0. The highest BCUT2D eigenvalue weighted by atomic mass is 16.5. The SMILES string of the molecule is CCC(C#N)Oc1ccc(C#N)cc1N. The van der Waals surface area contributed by atoms with Gasteiger partial charge in [0, 0.05) is 0 Å². The first-order valence-electron chi connectivity index (χ1n) is 4.57. The zero-order valence-corrected chi connectivity index (χ0v) is 8.40. The maximum atomic E-state index is 8.71. The molecule has 0 heterocycles. The quantitative estimate of drug-likeness (QED) is 0.756. The summed E-state index contributed by atoms with van der Waals surface area (Å²) in [4.78, 5) is 0. The lowest BCUT2D eigenvalue weighted by atomic mass is 10.2. The largest absolute Gasteiger partial charge is 0.473 e. The molecule has 4 heteroatoms. The number of anilines is 1. The molecule has 0 radical (unpaired) electrons. The minimum Gasteiger partial charge on any atom is -0.473 e. The van der Waals surface area contributed by atoms with Gasteiger partial charge in [0.2, 0.25) is 0 Å². The molecule has 76 valence electrons. The molecule has 0 spiro atoms. The van der Waals surface area contributed by atoms with Crippen molar-refractivity contribution < 1.29 is 4.74 Å². The normalized spacial score (nSPS) is 11.1. The molecule has 0 aliphatic carbocycles. The van der Waals surface area contributed by atoms with Gasteiger partial charge < -0.3 is 10.5 Å². The smallest absolute Gasteiger partial charge is 0.184 e. The number of nitrogen functional groups attached to an aromatic ring is 1. The van der Waals surface area contributed by atoms with E-state index in [9.17, 15) is 0 Å². The second-order valence-corrected chi connectivity index (χ2v) is 3.01. The second-order valence-electron chi connectivity index (χ2n) is 3.01. The Morgan fingerprint density at radius 3 is 2.67 bits per heavy atom. The highest BCUT2D eigenvalue weighted by Crippen LogP contribution is 2.23. The predicted molar refractivity (Wildman–Crippen MR) is 55.9 cm³/mol. The van der Waals surface area contributed by atoms with Gasteiger partial charge in [-0.25, -0.2) is 0 Å². The van der Waals surface area contributed by atoms with E-state index in [1.807, 2.05) is 19.1 Å². The fourth-order valence-corrected chi connectivity index (χ4v) is 1.08. The Bertz CT molecular complexity index is 428. The van der Waals surface area contributed by atoms with Crippen molar-refractivity contribution in [3.8, 4) is 17.9 Å². The average molecular weight is 201 g/mol. The van der Waals surface area contributed by atoms with Crippen molar-refractivity contribution in [2.45, 2.75) is 19.4 Å². The third-order valence-corrected chi connectivity index (χ3v) is 1.92. The molecular weight excluding hydrogens is 190 g/mol. The fraction of sp³-hybridized carbons (Fsp3) is 0.273. The molecule has 0 amide bonds. The fourth-order valence-electron chi connectivity index (χ4n) is 1.08. The molecule has 1 atom stereocenters. The van der Waals surface area contributed by atoms with Crippen molar-refractivity contribution >= 4 is 5.69 Å². The zero-order chi connectivity index (χ0) is 11.3. The van der Waals surface area contributed by atoms with Gasteiger partial charge in [0.25, 0.3) is 0 Å². The highest BCUT2D eigenvalue weighted by Gasteiger charge is 2.08. The lowest BCUT2D eigenvalue weighted by molar-refractivity contribution is 0.253. The molecule has 0 bridgehead atoms. The molecule has 15 heavy (non-hydrogen) atoms. The van der Waals surface area contributed by atoms with Crippen molar-refractivity contribution in [2.24, 2.45) is 0 Å². The summed E-state index contributed by atoms with van der Waals surface area (Å²) in [6.45, 7) is 1.85. The van der Waals surface area contributed by atoms with Gasteiger partial charge in [-0.05, 0) is 24.6 Å². The molecule has 0 aliphatic rings. The van der Waals surface area contributed by atoms with Gasteiger partial charge in [0.15, 0.2) is 6.10 Å². The Morgan fingerprint density at radius 1 is 1.47 bits per heavy atom. The first-order valence-corrected chi connectivity index (χ1v) is 4.57. The van der Waals surface area contributed by atoms with Crippen molar-refractivity contribution in [3.05, 3.63) is 23.8 Å². The van der Waals surface area contributed by atoms with E-state index in [4.69, 9.17) is 21.0 Å². The summed E-state index contributed by atoms with van der Waals surface area (Å²) in [6, 6.07) is 8.73. The Balaban J connectivity index is 2.89. The predicted octanol–water partition coefficient (Wildman–Crippen LogP) is 1.82. The van der Waals surface area contributed by atoms with Gasteiger partial charge in [-0.3, -0.25) is 0 Å². The molecule has 2 N–H and O–H groups in total. The van der Waals surface area contributed by atoms with Gasteiger partial charge in [0.1, 0.15) is 11.8 Å². The van der Waals surface area contributed by atoms with E-state index in [0.29, 0.717) is 23.4 Å². The van der Waals surface area contributed by atoms with Crippen molar-refractivity contribution in [1.29, 1.82) is 10.5 Å². The first kappa shape index (κ1) is 10.9. The maximum absolute atomic E-state index is 8.71. The first-order chi connectivity index (χ1) is 7.21. The van der Waals surface area contributed by atoms with Gasteiger partial charge in [-0.2, -0.15) is 10.5 Å². The van der Waals surface area contributed by atoms with Crippen LogP contribution in [0.2, 0.25) is 0 Å². The summed E-state index contributed by atoms with van der Waals surface area (Å²) in [5.41, 5.74) is 6.52. The molecule has 0 saturated carbocycles. The lowest BCUT2D eigenvalue weighted by Crippen LogP contribution is -2.13. The summed E-state index contributed by atoms with van der Waals surface area (Å²) in [5.74, 6) is 0.447. The molecule has 1 rings (SSSR count). The molecular formula is C11H11N3O. The third kappa shape index (κ3) is 2.62. The van der Waals surface area contributed by atoms with E-state index < -0.39 is 6.10 Å². The van der Waals surface area contributed by atoms with Gasteiger partial charge >= 0.3 is 0 Å². The van der Waals surface area contributed by atoms with Crippen molar-refractivity contribution in [1.82, 2.24) is 0 Å². The van der Waals surface area contributed by atoms with E-state index in [-0.39, 0.29) is 0 Å². The number of rotatable bonds is 3. The van der Waals surface area contributed by atoms with Crippen LogP contribution < -0.4 is 10.5 Å². The van der Waals surface area contributed by atoms with Crippen LogP contribution in [0.15, 0.2) is 18.2 Å². The van der Waals surface area contributed by atoms with Crippen LogP contribution in [0.1, 0.15) is 18.9 Å². The standard InChI is InChI=1S/C11H11N3O/c1-2-9(7-13)15-11-4-3-8(6-12)5-10(11)14/h3-5,9H,2,14H2,1H3. The van der Waals surface area contributed by atoms with E-state index in [2.05, 4.69) is 0 Å². The van der Waals surface area contributed by atoms with Crippen LogP contribution in [0.5, 0.6) is 5.75 Å². The highest BCUT2D eigenvalue weighted by molar-refractivity contribution is 5.56. The number of ether oxygens (including phenoxy) is 1. The number of hydrogen-bond donors (Lipinski definition) is 1. The molecule has 0 aliphatic heterocycles. The van der Waals surface area contributed by atoms with Crippen molar-refractivity contribution in [3.63, 3.8) is 0 Å². The number of hydrogen-bond acceptors (Lipinski definition) is 4. The van der Waals surface area contributed by atoms with Crippen LogP contribution >= 0.6 is 0 Å². The van der Waals surface area contributed by atoms with E-state index >= 15 is 0 Å². The maximum Gasteiger partial charge on any atom is 0.184 e. The van der Waals surface area contributed by atoms with Gasteiger partial charge in [0.05, 0.1) is 17.3 Å². The van der Waals surface area contributed by atoms with E-state index in [1.165, 1.54) is 6.07 Å². The Hall–Kier alpha value is -2.20. The average Bonchev–Trinajstić information content (AvgIpc) is 2.27.